The molecule has 2 saturated heterocycles. The van der Waals surface area contributed by atoms with Crippen LogP contribution in [0.5, 0.6) is 0 Å². The second-order valence-electron chi connectivity index (χ2n) is 4.70. The molecule has 4 heteroatoms. The topological polar surface area (TPSA) is 47.9 Å². The van der Waals surface area contributed by atoms with E-state index in [9.17, 15) is 5.11 Å². The Hall–Kier alpha value is -0.680. The molecule has 1 N–H and O–H groups in total. The Kier molecular flexibility index (Phi) is 2.70. The fourth-order valence-corrected chi connectivity index (χ4v) is 2.31. The van der Waals surface area contributed by atoms with Gasteiger partial charge in [-0.1, -0.05) is 12.2 Å². The van der Waals surface area contributed by atoms with E-state index in [-0.39, 0.29) is 0 Å². The number of ether oxygens (including phenoxy) is 3. The fourth-order valence-electron chi connectivity index (χ4n) is 2.31. The van der Waals surface area contributed by atoms with Crippen LogP contribution in [0.2, 0.25) is 0 Å². The lowest BCUT2D eigenvalue weighted by Gasteiger charge is -2.31. The molecule has 2 heterocycles. The largest absolute Gasteiger partial charge is 0.384 e. The Labute approximate surface area is 95.5 Å². The van der Waals surface area contributed by atoms with Crippen molar-refractivity contribution in [1.29, 1.82) is 0 Å². The molecule has 2 rings (SSSR count). The van der Waals surface area contributed by atoms with Gasteiger partial charge in [-0.15, -0.1) is 13.2 Å². The summed E-state index contributed by atoms with van der Waals surface area (Å²) in [6.07, 6.45) is 2.07. The zero-order valence-electron chi connectivity index (χ0n) is 9.68. The third-order valence-electron chi connectivity index (χ3n) is 3.01. The molecule has 0 aliphatic carbocycles. The molecule has 0 unspecified atom stereocenters. The predicted octanol–water partition coefficient (Wildman–Crippen LogP) is 1.36. The van der Waals surface area contributed by atoms with Gasteiger partial charge in [0.05, 0.1) is 0 Å². The van der Waals surface area contributed by atoms with Crippen molar-refractivity contribution < 1.29 is 19.3 Å². The summed E-state index contributed by atoms with van der Waals surface area (Å²) in [7, 11) is 0. The summed E-state index contributed by atoms with van der Waals surface area (Å²) in [4.78, 5) is 0. The van der Waals surface area contributed by atoms with E-state index in [0.717, 1.165) is 0 Å². The van der Waals surface area contributed by atoms with Crippen LogP contribution in [-0.2, 0) is 14.2 Å². The SMILES string of the molecule is C=CC[C@@]1(O)[C@@H](C=C)O[C@@H]2OC(C)(C)O[C@@H]21. The minimum atomic E-state index is -1.14. The minimum absolute atomic E-state index is 0.379. The zero-order chi connectivity index (χ0) is 12.0. The Bertz CT molecular complexity index is 312. The van der Waals surface area contributed by atoms with E-state index in [4.69, 9.17) is 14.2 Å². The highest BCUT2D eigenvalue weighted by atomic mass is 16.8. The van der Waals surface area contributed by atoms with Gasteiger partial charge in [-0.05, 0) is 20.3 Å². The Balaban J connectivity index is 2.26. The molecule has 0 spiro atoms. The fraction of sp³-hybridized carbons (Fsp3) is 0.667. The molecule has 2 fully saturated rings. The van der Waals surface area contributed by atoms with Crippen LogP contribution < -0.4 is 0 Å². The molecule has 0 aromatic heterocycles. The van der Waals surface area contributed by atoms with Crippen LogP contribution in [0.25, 0.3) is 0 Å². The Morgan fingerprint density at radius 3 is 2.56 bits per heavy atom. The maximum Gasteiger partial charge on any atom is 0.190 e. The van der Waals surface area contributed by atoms with Crippen molar-refractivity contribution in [3.63, 3.8) is 0 Å². The van der Waals surface area contributed by atoms with Crippen LogP contribution in [0.15, 0.2) is 25.3 Å². The van der Waals surface area contributed by atoms with Crippen LogP contribution in [0.3, 0.4) is 0 Å². The summed E-state index contributed by atoms with van der Waals surface area (Å²) >= 11 is 0. The summed E-state index contributed by atoms with van der Waals surface area (Å²) in [6.45, 7) is 10.9. The van der Waals surface area contributed by atoms with E-state index < -0.39 is 29.9 Å². The maximum absolute atomic E-state index is 10.6. The summed E-state index contributed by atoms with van der Waals surface area (Å²) in [6, 6.07) is 0. The molecule has 4 atom stereocenters. The van der Waals surface area contributed by atoms with E-state index in [0.29, 0.717) is 6.42 Å². The first-order valence-corrected chi connectivity index (χ1v) is 5.40. The number of hydrogen-bond acceptors (Lipinski definition) is 4. The molecule has 4 nitrogen and oxygen atoms in total. The number of fused-ring (bicyclic) bond motifs is 1. The van der Waals surface area contributed by atoms with E-state index in [2.05, 4.69) is 13.2 Å². The van der Waals surface area contributed by atoms with Crippen molar-refractivity contribution in [3.05, 3.63) is 25.3 Å². The van der Waals surface area contributed by atoms with Gasteiger partial charge in [0.25, 0.3) is 0 Å². The van der Waals surface area contributed by atoms with Gasteiger partial charge in [0, 0.05) is 0 Å². The molecule has 90 valence electrons. The molecule has 16 heavy (non-hydrogen) atoms. The van der Waals surface area contributed by atoms with Crippen molar-refractivity contribution in [2.45, 2.75) is 50.2 Å². The summed E-state index contributed by atoms with van der Waals surface area (Å²) in [5.41, 5.74) is -1.14. The average molecular weight is 226 g/mol. The highest BCUT2D eigenvalue weighted by Crippen LogP contribution is 2.44. The van der Waals surface area contributed by atoms with Gasteiger partial charge >= 0.3 is 0 Å². The lowest BCUT2D eigenvalue weighted by molar-refractivity contribution is -0.221. The third-order valence-corrected chi connectivity index (χ3v) is 3.01. The first-order chi connectivity index (χ1) is 7.43. The van der Waals surface area contributed by atoms with Gasteiger partial charge in [-0.25, -0.2) is 0 Å². The molecular weight excluding hydrogens is 208 g/mol. The zero-order valence-corrected chi connectivity index (χ0v) is 9.68. The summed E-state index contributed by atoms with van der Waals surface area (Å²) < 4.78 is 16.8. The van der Waals surface area contributed by atoms with Gasteiger partial charge in [0.2, 0.25) is 0 Å². The van der Waals surface area contributed by atoms with Crippen LogP contribution in [-0.4, -0.2) is 35.0 Å². The van der Waals surface area contributed by atoms with Crippen LogP contribution in [0, 0.1) is 0 Å². The van der Waals surface area contributed by atoms with Crippen molar-refractivity contribution in [2.24, 2.45) is 0 Å². The molecule has 0 aromatic carbocycles. The van der Waals surface area contributed by atoms with Gasteiger partial charge < -0.3 is 19.3 Å². The van der Waals surface area contributed by atoms with Gasteiger partial charge in [-0.3, -0.25) is 0 Å². The molecule has 0 radical (unpaired) electrons. The molecule has 0 saturated carbocycles. The van der Waals surface area contributed by atoms with Crippen LogP contribution >= 0.6 is 0 Å². The summed E-state index contributed by atoms with van der Waals surface area (Å²) in [5.74, 6) is -0.726. The van der Waals surface area contributed by atoms with Crippen molar-refractivity contribution in [3.8, 4) is 0 Å². The van der Waals surface area contributed by atoms with Crippen molar-refractivity contribution in [1.82, 2.24) is 0 Å². The smallest absolute Gasteiger partial charge is 0.190 e. The quantitative estimate of drug-likeness (QED) is 0.738. The summed E-state index contributed by atoms with van der Waals surface area (Å²) in [5, 5.41) is 10.6. The lowest BCUT2D eigenvalue weighted by Crippen LogP contribution is -2.47. The molecule has 0 amide bonds. The molecule has 0 aromatic rings. The molecule has 2 aliphatic heterocycles. The van der Waals surface area contributed by atoms with E-state index in [1.54, 1.807) is 26.0 Å². The third kappa shape index (κ3) is 1.62. The molecular formula is C12H18O4. The van der Waals surface area contributed by atoms with Crippen molar-refractivity contribution >= 4 is 0 Å². The predicted molar refractivity (Wildman–Crippen MR) is 58.7 cm³/mol. The van der Waals surface area contributed by atoms with Crippen molar-refractivity contribution in [2.75, 3.05) is 0 Å². The number of rotatable bonds is 3. The van der Waals surface area contributed by atoms with Crippen LogP contribution in [0.1, 0.15) is 20.3 Å². The first kappa shape index (κ1) is 11.8. The lowest BCUT2D eigenvalue weighted by atomic mass is 9.89. The van der Waals surface area contributed by atoms with E-state index >= 15 is 0 Å². The number of aliphatic hydroxyl groups is 1. The average Bonchev–Trinajstić information content (AvgIpc) is 2.61. The van der Waals surface area contributed by atoms with Crippen LogP contribution in [0.4, 0.5) is 0 Å². The van der Waals surface area contributed by atoms with Gasteiger partial charge in [-0.2, -0.15) is 0 Å². The van der Waals surface area contributed by atoms with E-state index in [1.165, 1.54) is 0 Å². The van der Waals surface area contributed by atoms with E-state index in [1.807, 2.05) is 0 Å². The monoisotopic (exact) mass is 226 g/mol. The highest BCUT2D eigenvalue weighted by Gasteiger charge is 2.61. The molecule has 0 bridgehead atoms. The first-order valence-electron chi connectivity index (χ1n) is 5.40. The Morgan fingerprint density at radius 1 is 1.31 bits per heavy atom. The highest BCUT2D eigenvalue weighted by molar-refractivity contribution is 5.12. The normalized spacial score (nSPS) is 45.3. The second-order valence-corrected chi connectivity index (χ2v) is 4.70. The standard InChI is InChI=1S/C12H18O4/c1-5-7-12(13)8(6-2)14-10-9(12)15-11(3,4)16-10/h5-6,8-10,13H,1-2,7H2,3-4H3/t8-,9+,10-,12-/m1/s1. The number of hydrogen-bond donors (Lipinski definition) is 1. The minimum Gasteiger partial charge on any atom is -0.384 e. The maximum atomic E-state index is 10.6. The Morgan fingerprint density at radius 2 is 2.00 bits per heavy atom. The second kappa shape index (κ2) is 3.67. The van der Waals surface area contributed by atoms with Gasteiger partial charge in [0.1, 0.15) is 17.8 Å². The van der Waals surface area contributed by atoms with Gasteiger partial charge in [0.15, 0.2) is 12.1 Å². The molecule has 2 aliphatic rings.